The summed E-state index contributed by atoms with van der Waals surface area (Å²) in [7, 11) is 0. The molecule has 0 radical (unpaired) electrons. The van der Waals surface area contributed by atoms with Crippen LogP contribution < -0.4 is 0 Å². The Labute approximate surface area is 114 Å². The highest BCUT2D eigenvalue weighted by Gasteiger charge is 2.54. The molecule has 106 valence electrons. The molecule has 7 heteroatoms. The summed E-state index contributed by atoms with van der Waals surface area (Å²) < 4.78 is 37.9. The van der Waals surface area contributed by atoms with Crippen molar-refractivity contribution in [3.63, 3.8) is 0 Å². The number of aliphatic hydroxyl groups is 1. The Bertz CT molecular complexity index is 445. The van der Waals surface area contributed by atoms with Gasteiger partial charge in [0.15, 0.2) is 5.60 Å². The number of hydrogen-bond acceptors (Lipinski definition) is 3. The average molecular weight is 295 g/mol. The standard InChI is InChI=1S/C12H14ClF3N2O/c13-10-3-1-2-9(17-10)8-18-6-4-11(19,5-7-18)12(14,15)16/h1-3,19H,4-8H2. The second kappa shape index (κ2) is 5.26. The van der Waals surface area contributed by atoms with Gasteiger partial charge in [0.05, 0.1) is 5.69 Å². The van der Waals surface area contributed by atoms with Crippen LogP contribution in [-0.4, -0.2) is 39.9 Å². The van der Waals surface area contributed by atoms with E-state index in [1.807, 2.05) is 4.90 Å². The first-order valence-electron chi connectivity index (χ1n) is 5.93. The Kier molecular flexibility index (Phi) is 4.03. The van der Waals surface area contributed by atoms with E-state index < -0.39 is 11.8 Å². The minimum Gasteiger partial charge on any atom is -0.380 e. The van der Waals surface area contributed by atoms with Gasteiger partial charge in [-0.05, 0) is 25.0 Å². The zero-order valence-corrected chi connectivity index (χ0v) is 10.9. The summed E-state index contributed by atoms with van der Waals surface area (Å²) in [6, 6.07) is 5.17. The molecule has 0 amide bonds. The van der Waals surface area contributed by atoms with Gasteiger partial charge >= 0.3 is 6.18 Å². The maximum Gasteiger partial charge on any atom is 0.417 e. The van der Waals surface area contributed by atoms with E-state index >= 15 is 0 Å². The van der Waals surface area contributed by atoms with Crippen LogP contribution in [0.15, 0.2) is 18.2 Å². The van der Waals surface area contributed by atoms with Gasteiger partial charge < -0.3 is 5.11 Å². The zero-order chi connectivity index (χ0) is 14.1. The van der Waals surface area contributed by atoms with Gasteiger partial charge in [-0.1, -0.05) is 17.7 Å². The molecule has 1 aromatic rings. The third-order valence-corrected chi connectivity index (χ3v) is 3.58. The van der Waals surface area contributed by atoms with Crippen LogP contribution in [0.3, 0.4) is 0 Å². The third kappa shape index (κ3) is 3.38. The zero-order valence-electron chi connectivity index (χ0n) is 10.1. The van der Waals surface area contributed by atoms with Gasteiger partial charge in [-0.15, -0.1) is 0 Å². The molecule has 1 aliphatic rings. The smallest absolute Gasteiger partial charge is 0.380 e. The molecule has 2 heterocycles. The van der Waals surface area contributed by atoms with Crippen LogP contribution in [0.2, 0.25) is 5.15 Å². The SMILES string of the molecule is OC1(C(F)(F)F)CCN(Cc2cccc(Cl)n2)CC1. The van der Waals surface area contributed by atoms with Gasteiger partial charge in [0.2, 0.25) is 0 Å². The molecule has 0 bridgehead atoms. The van der Waals surface area contributed by atoms with E-state index in [9.17, 15) is 18.3 Å². The summed E-state index contributed by atoms with van der Waals surface area (Å²) in [6.07, 6.45) is -5.18. The highest BCUT2D eigenvalue weighted by atomic mass is 35.5. The van der Waals surface area contributed by atoms with Gasteiger partial charge in [0.25, 0.3) is 0 Å². The van der Waals surface area contributed by atoms with Crippen molar-refractivity contribution in [1.82, 2.24) is 9.88 Å². The summed E-state index contributed by atoms with van der Waals surface area (Å²) in [4.78, 5) is 5.92. The number of rotatable bonds is 2. The Morgan fingerprint density at radius 2 is 1.95 bits per heavy atom. The maximum absolute atomic E-state index is 12.6. The monoisotopic (exact) mass is 294 g/mol. The lowest BCUT2D eigenvalue weighted by Crippen LogP contribution is -2.53. The van der Waals surface area contributed by atoms with Gasteiger partial charge in [-0.25, -0.2) is 4.98 Å². The summed E-state index contributed by atoms with van der Waals surface area (Å²) in [5, 5.41) is 9.91. The van der Waals surface area contributed by atoms with E-state index in [0.717, 1.165) is 0 Å². The molecule has 1 N–H and O–H groups in total. The van der Waals surface area contributed by atoms with Crippen LogP contribution in [0.25, 0.3) is 0 Å². The van der Waals surface area contributed by atoms with Gasteiger partial charge in [-0.3, -0.25) is 4.90 Å². The number of alkyl halides is 3. The fraction of sp³-hybridized carbons (Fsp3) is 0.583. The Morgan fingerprint density at radius 3 is 2.47 bits per heavy atom. The Balaban J connectivity index is 1.94. The fourth-order valence-electron chi connectivity index (χ4n) is 2.13. The molecule has 19 heavy (non-hydrogen) atoms. The number of halogens is 4. The molecule has 0 unspecified atom stereocenters. The first kappa shape index (κ1) is 14.6. The van der Waals surface area contributed by atoms with Gasteiger partial charge in [-0.2, -0.15) is 13.2 Å². The minimum atomic E-state index is -4.56. The largest absolute Gasteiger partial charge is 0.417 e. The highest BCUT2D eigenvalue weighted by molar-refractivity contribution is 6.29. The molecule has 1 fully saturated rings. The predicted octanol–water partition coefficient (Wildman–Crippen LogP) is 2.62. The van der Waals surface area contributed by atoms with Gasteiger partial charge in [0, 0.05) is 19.6 Å². The Morgan fingerprint density at radius 1 is 1.32 bits per heavy atom. The van der Waals surface area contributed by atoms with Crippen LogP contribution in [-0.2, 0) is 6.54 Å². The topological polar surface area (TPSA) is 36.4 Å². The summed E-state index contributed by atoms with van der Waals surface area (Å²) in [5.41, 5.74) is -1.84. The van der Waals surface area contributed by atoms with Crippen molar-refractivity contribution in [3.8, 4) is 0 Å². The molecule has 3 nitrogen and oxygen atoms in total. The minimum absolute atomic E-state index is 0.185. The second-order valence-corrected chi connectivity index (χ2v) is 5.14. The number of piperidine rings is 1. The molecule has 2 rings (SSSR count). The van der Waals surface area contributed by atoms with Gasteiger partial charge in [0.1, 0.15) is 5.15 Å². The van der Waals surface area contributed by atoms with Crippen molar-refractivity contribution in [3.05, 3.63) is 29.0 Å². The fourth-order valence-corrected chi connectivity index (χ4v) is 2.31. The van der Waals surface area contributed by atoms with Crippen molar-refractivity contribution in [1.29, 1.82) is 0 Å². The third-order valence-electron chi connectivity index (χ3n) is 3.37. The number of hydrogen-bond donors (Lipinski definition) is 1. The van der Waals surface area contributed by atoms with E-state index in [0.29, 0.717) is 17.4 Å². The van der Waals surface area contributed by atoms with Crippen molar-refractivity contribution >= 4 is 11.6 Å². The van der Waals surface area contributed by atoms with E-state index in [4.69, 9.17) is 11.6 Å². The quantitative estimate of drug-likeness (QED) is 0.852. The second-order valence-electron chi connectivity index (χ2n) is 4.76. The lowest BCUT2D eigenvalue weighted by atomic mass is 9.91. The molecule has 0 spiro atoms. The summed E-state index contributed by atoms with van der Waals surface area (Å²) in [5.74, 6) is 0. The maximum atomic E-state index is 12.6. The molecule has 0 atom stereocenters. The lowest BCUT2D eigenvalue weighted by molar-refractivity contribution is -0.272. The van der Waals surface area contributed by atoms with Crippen LogP contribution in [0, 0.1) is 0 Å². The Hall–Kier alpha value is -0.850. The van der Waals surface area contributed by atoms with E-state index in [1.54, 1.807) is 18.2 Å². The summed E-state index contributed by atoms with van der Waals surface area (Å²) >= 11 is 5.75. The highest BCUT2D eigenvalue weighted by Crippen LogP contribution is 2.38. The number of nitrogens with zero attached hydrogens (tertiary/aromatic N) is 2. The van der Waals surface area contributed by atoms with Crippen molar-refractivity contribution in [2.45, 2.75) is 31.2 Å². The van der Waals surface area contributed by atoms with Crippen LogP contribution in [0.1, 0.15) is 18.5 Å². The number of likely N-dealkylation sites (tertiary alicyclic amines) is 1. The van der Waals surface area contributed by atoms with Crippen molar-refractivity contribution in [2.24, 2.45) is 0 Å². The van der Waals surface area contributed by atoms with E-state index in [1.165, 1.54) is 0 Å². The lowest BCUT2D eigenvalue weighted by Gasteiger charge is -2.38. The van der Waals surface area contributed by atoms with Crippen molar-refractivity contribution in [2.75, 3.05) is 13.1 Å². The normalized spacial score (nSPS) is 20.5. The number of pyridine rings is 1. The first-order valence-corrected chi connectivity index (χ1v) is 6.31. The summed E-state index contributed by atoms with van der Waals surface area (Å²) in [6.45, 7) is 0.808. The predicted molar refractivity (Wildman–Crippen MR) is 64.8 cm³/mol. The van der Waals surface area contributed by atoms with E-state index in [2.05, 4.69) is 4.98 Å². The molecule has 0 aliphatic carbocycles. The molecular weight excluding hydrogens is 281 g/mol. The molecule has 1 aromatic heterocycles. The van der Waals surface area contributed by atoms with E-state index in [-0.39, 0.29) is 25.9 Å². The molecule has 0 aromatic carbocycles. The molecule has 1 saturated heterocycles. The van der Waals surface area contributed by atoms with Crippen LogP contribution in [0.5, 0.6) is 0 Å². The van der Waals surface area contributed by atoms with Crippen molar-refractivity contribution < 1.29 is 18.3 Å². The number of aromatic nitrogens is 1. The average Bonchev–Trinajstić information content (AvgIpc) is 2.31. The molecule has 0 saturated carbocycles. The van der Waals surface area contributed by atoms with Crippen LogP contribution in [0.4, 0.5) is 13.2 Å². The van der Waals surface area contributed by atoms with Crippen LogP contribution >= 0.6 is 11.6 Å². The molecule has 1 aliphatic heterocycles. The molecular formula is C12H14ClF3N2O. The first-order chi connectivity index (χ1) is 8.80.